The minimum absolute atomic E-state index is 0.124. The smallest absolute Gasteiger partial charge is 0.248 e. The number of amides is 1. The van der Waals surface area contributed by atoms with Gasteiger partial charge in [-0.15, -0.1) is 0 Å². The minimum Gasteiger partial charge on any atom is -0.324 e. The lowest BCUT2D eigenvalue weighted by atomic mass is 10.0. The first-order valence-electron chi connectivity index (χ1n) is 7.59. The van der Waals surface area contributed by atoms with Crippen molar-refractivity contribution in [1.82, 2.24) is 14.8 Å². The maximum atomic E-state index is 12.0. The van der Waals surface area contributed by atoms with Crippen molar-refractivity contribution in [2.75, 3.05) is 5.32 Å². The first kappa shape index (κ1) is 15.0. The molecule has 0 fully saturated rings. The molecule has 2 N–H and O–H groups in total. The maximum Gasteiger partial charge on any atom is 0.248 e. The average Bonchev–Trinajstić information content (AvgIpc) is 2.99. The Morgan fingerprint density at radius 2 is 2.22 bits per heavy atom. The number of nitrogens with zero attached hydrogens (tertiary/aromatic N) is 2. The van der Waals surface area contributed by atoms with E-state index in [1.807, 2.05) is 12.1 Å². The number of carbonyl (C=O) groups is 1. The number of H-pyrrole nitrogens is 1. The Balaban J connectivity index is 1.85. The van der Waals surface area contributed by atoms with Crippen LogP contribution in [0.2, 0.25) is 0 Å². The second-order valence-corrected chi connectivity index (χ2v) is 5.42. The van der Waals surface area contributed by atoms with Gasteiger partial charge in [-0.1, -0.05) is 19.4 Å². The number of anilines is 1. The second kappa shape index (κ2) is 6.48. The normalized spacial score (nSPS) is 10.8. The number of rotatable bonds is 5. The quantitative estimate of drug-likeness (QED) is 0.759. The third kappa shape index (κ3) is 3.48. The van der Waals surface area contributed by atoms with E-state index in [4.69, 9.17) is 0 Å². The summed E-state index contributed by atoms with van der Waals surface area (Å²) in [6.45, 7) is 2.23. The molecule has 118 valence electrons. The topological polar surface area (TPSA) is 79.8 Å². The Morgan fingerprint density at radius 1 is 1.35 bits per heavy atom. The highest BCUT2D eigenvalue weighted by Crippen LogP contribution is 2.20. The first-order valence-corrected chi connectivity index (χ1v) is 7.59. The van der Waals surface area contributed by atoms with Crippen LogP contribution in [0.5, 0.6) is 0 Å². The van der Waals surface area contributed by atoms with Crippen LogP contribution < -0.4 is 10.9 Å². The lowest BCUT2D eigenvalue weighted by Gasteiger charge is -2.09. The highest BCUT2D eigenvalue weighted by atomic mass is 16.2. The molecule has 1 aromatic carbocycles. The molecule has 0 bridgehead atoms. The average molecular weight is 310 g/mol. The van der Waals surface area contributed by atoms with Gasteiger partial charge in [0.15, 0.2) is 0 Å². The summed E-state index contributed by atoms with van der Waals surface area (Å²) in [7, 11) is 0. The van der Waals surface area contributed by atoms with Gasteiger partial charge in [0.05, 0.1) is 5.52 Å². The van der Waals surface area contributed by atoms with Crippen LogP contribution >= 0.6 is 0 Å². The monoisotopic (exact) mass is 310 g/mol. The standard InChI is InChI=1S/C17H18N4O2/c1-2-4-12-9-16(22)20-15-10-13(5-6-14(12)15)19-17(23)11-21-8-3-7-18-21/h3,5-10H,2,4,11H2,1H3,(H,19,23)(H,20,22). The number of aromatic amines is 1. The molecule has 0 aliphatic heterocycles. The van der Waals surface area contributed by atoms with E-state index in [-0.39, 0.29) is 18.0 Å². The van der Waals surface area contributed by atoms with Gasteiger partial charge in [0.25, 0.3) is 0 Å². The first-order chi connectivity index (χ1) is 11.2. The fourth-order valence-corrected chi connectivity index (χ4v) is 2.63. The Kier molecular flexibility index (Phi) is 4.23. The minimum atomic E-state index is -0.167. The van der Waals surface area contributed by atoms with Gasteiger partial charge in [-0.2, -0.15) is 5.10 Å². The summed E-state index contributed by atoms with van der Waals surface area (Å²) in [5.74, 6) is -0.167. The number of carbonyl (C=O) groups excluding carboxylic acids is 1. The molecule has 0 unspecified atom stereocenters. The predicted molar refractivity (Wildman–Crippen MR) is 89.4 cm³/mol. The number of fused-ring (bicyclic) bond motifs is 1. The van der Waals surface area contributed by atoms with Crippen molar-refractivity contribution in [2.45, 2.75) is 26.3 Å². The van der Waals surface area contributed by atoms with Gasteiger partial charge in [0.2, 0.25) is 11.5 Å². The van der Waals surface area contributed by atoms with E-state index in [1.54, 1.807) is 35.3 Å². The van der Waals surface area contributed by atoms with Crippen LogP contribution in [0.3, 0.4) is 0 Å². The second-order valence-electron chi connectivity index (χ2n) is 5.42. The third-order valence-corrected chi connectivity index (χ3v) is 3.60. The molecule has 1 amide bonds. The van der Waals surface area contributed by atoms with Crippen molar-refractivity contribution in [1.29, 1.82) is 0 Å². The van der Waals surface area contributed by atoms with Gasteiger partial charge < -0.3 is 10.3 Å². The maximum absolute atomic E-state index is 12.0. The zero-order valence-corrected chi connectivity index (χ0v) is 12.9. The molecule has 0 atom stereocenters. The Labute approximate surface area is 133 Å². The molecule has 0 radical (unpaired) electrons. The summed E-state index contributed by atoms with van der Waals surface area (Å²) in [6.07, 6.45) is 5.18. The number of pyridine rings is 1. The predicted octanol–water partition coefficient (Wildman–Crippen LogP) is 2.32. The van der Waals surface area contributed by atoms with Gasteiger partial charge >= 0.3 is 0 Å². The largest absolute Gasteiger partial charge is 0.324 e. The van der Waals surface area contributed by atoms with Crippen LogP contribution in [0.1, 0.15) is 18.9 Å². The Bertz CT molecular complexity index is 881. The number of hydrogen-bond donors (Lipinski definition) is 2. The zero-order valence-electron chi connectivity index (χ0n) is 12.9. The third-order valence-electron chi connectivity index (χ3n) is 3.60. The lowest BCUT2D eigenvalue weighted by Crippen LogP contribution is -2.19. The molecule has 2 aromatic heterocycles. The van der Waals surface area contributed by atoms with Crippen molar-refractivity contribution < 1.29 is 4.79 Å². The van der Waals surface area contributed by atoms with Crippen molar-refractivity contribution in [3.63, 3.8) is 0 Å². The van der Waals surface area contributed by atoms with E-state index < -0.39 is 0 Å². The number of aromatic nitrogens is 3. The van der Waals surface area contributed by atoms with E-state index in [9.17, 15) is 9.59 Å². The van der Waals surface area contributed by atoms with Crippen LogP contribution in [-0.2, 0) is 17.8 Å². The van der Waals surface area contributed by atoms with Gasteiger partial charge in [0.1, 0.15) is 6.54 Å². The highest BCUT2D eigenvalue weighted by molar-refractivity contribution is 5.93. The van der Waals surface area contributed by atoms with E-state index in [0.29, 0.717) is 5.69 Å². The van der Waals surface area contributed by atoms with E-state index in [2.05, 4.69) is 22.3 Å². The molecule has 2 heterocycles. The molecule has 0 spiro atoms. The van der Waals surface area contributed by atoms with Crippen molar-refractivity contribution in [3.05, 3.63) is 58.6 Å². The molecular weight excluding hydrogens is 292 g/mol. The zero-order chi connectivity index (χ0) is 16.2. The molecular formula is C17H18N4O2. The van der Waals surface area contributed by atoms with Crippen LogP contribution in [0.15, 0.2) is 47.5 Å². The fourth-order valence-electron chi connectivity index (χ4n) is 2.63. The van der Waals surface area contributed by atoms with E-state index in [0.717, 1.165) is 29.3 Å². The van der Waals surface area contributed by atoms with Crippen molar-refractivity contribution in [2.24, 2.45) is 0 Å². The molecule has 0 saturated heterocycles. The van der Waals surface area contributed by atoms with Crippen molar-refractivity contribution >= 4 is 22.5 Å². The summed E-state index contributed by atoms with van der Waals surface area (Å²) in [6, 6.07) is 8.97. The van der Waals surface area contributed by atoms with Gasteiger partial charge in [-0.05, 0) is 30.2 Å². The number of benzene rings is 1. The van der Waals surface area contributed by atoms with Crippen LogP contribution in [0, 0.1) is 0 Å². The molecule has 3 rings (SSSR count). The molecule has 0 saturated carbocycles. The van der Waals surface area contributed by atoms with Crippen LogP contribution in [-0.4, -0.2) is 20.7 Å². The van der Waals surface area contributed by atoms with Crippen LogP contribution in [0.25, 0.3) is 10.9 Å². The molecule has 6 nitrogen and oxygen atoms in total. The van der Waals surface area contributed by atoms with Gasteiger partial charge in [-0.25, -0.2) is 0 Å². The molecule has 0 aliphatic rings. The number of aryl methyl sites for hydroxylation is 1. The van der Waals surface area contributed by atoms with E-state index >= 15 is 0 Å². The molecule has 0 aliphatic carbocycles. The number of hydrogen-bond acceptors (Lipinski definition) is 3. The Morgan fingerprint density at radius 3 is 2.96 bits per heavy atom. The highest BCUT2D eigenvalue weighted by Gasteiger charge is 2.07. The lowest BCUT2D eigenvalue weighted by molar-refractivity contribution is -0.116. The summed E-state index contributed by atoms with van der Waals surface area (Å²) in [5.41, 5.74) is 2.29. The van der Waals surface area contributed by atoms with Crippen LogP contribution in [0.4, 0.5) is 5.69 Å². The molecule has 23 heavy (non-hydrogen) atoms. The summed E-state index contributed by atoms with van der Waals surface area (Å²) < 4.78 is 1.55. The number of nitrogens with one attached hydrogen (secondary N) is 2. The molecule has 3 aromatic rings. The summed E-state index contributed by atoms with van der Waals surface area (Å²) in [4.78, 5) is 26.6. The summed E-state index contributed by atoms with van der Waals surface area (Å²) >= 11 is 0. The summed E-state index contributed by atoms with van der Waals surface area (Å²) in [5, 5.41) is 7.83. The fraction of sp³-hybridized carbons (Fsp3) is 0.235. The molecule has 6 heteroatoms. The van der Waals surface area contributed by atoms with E-state index in [1.165, 1.54) is 0 Å². The Hall–Kier alpha value is -2.89. The SMILES string of the molecule is CCCc1cc(=O)[nH]c2cc(NC(=O)Cn3cccn3)ccc12. The van der Waals surface area contributed by atoms with Gasteiger partial charge in [-0.3, -0.25) is 14.3 Å². The van der Waals surface area contributed by atoms with Gasteiger partial charge in [0, 0.05) is 29.5 Å². The van der Waals surface area contributed by atoms with Crippen molar-refractivity contribution in [3.8, 4) is 0 Å².